The molecule has 0 spiro atoms. The Bertz CT molecular complexity index is 2190. The molecule has 0 aliphatic heterocycles. The number of aromatic nitrogens is 7. The molecule has 20 nitrogen and oxygen atoms in total. The molecule has 0 atom stereocenters. The number of nitrogen functional groups attached to an aromatic ring is 1. The topological polar surface area (TPSA) is 287 Å². The van der Waals surface area contributed by atoms with Crippen LogP contribution in [0.3, 0.4) is 0 Å². The number of nitrogens with zero attached hydrogens (tertiary/aromatic N) is 7. The summed E-state index contributed by atoms with van der Waals surface area (Å²) in [5.74, 6) is -2.32. The number of carboxylic acid groups (broad SMARTS) is 2. The van der Waals surface area contributed by atoms with Crippen LogP contribution in [0, 0.1) is 17.0 Å². The monoisotopic (exact) mass is 694 g/mol. The molecule has 0 aliphatic carbocycles. The van der Waals surface area contributed by atoms with Gasteiger partial charge in [0, 0.05) is 12.1 Å². The van der Waals surface area contributed by atoms with Gasteiger partial charge in [-0.25, -0.2) is 29.7 Å². The summed E-state index contributed by atoms with van der Waals surface area (Å²) in [6, 6.07) is 8.44. The first-order chi connectivity index (χ1) is 23.9. The number of rotatable bonds is 14. The largest absolute Gasteiger partial charge is 0.490 e. The van der Waals surface area contributed by atoms with Gasteiger partial charge in [0.2, 0.25) is 0 Å². The minimum atomic E-state index is -1.54. The predicted octanol–water partition coefficient (Wildman–Crippen LogP) is 1.03. The van der Waals surface area contributed by atoms with E-state index < -0.39 is 46.5 Å². The van der Waals surface area contributed by atoms with Crippen LogP contribution in [0.5, 0.6) is 11.5 Å². The zero-order valence-corrected chi connectivity index (χ0v) is 25.3. The van der Waals surface area contributed by atoms with Crippen molar-refractivity contribution in [3.63, 3.8) is 0 Å². The number of benzene rings is 2. The van der Waals surface area contributed by atoms with Crippen molar-refractivity contribution in [2.24, 2.45) is 5.84 Å². The first-order valence-corrected chi connectivity index (χ1v) is 14.1. The van der Waals surface area contributed by atoms with Crippen molar-refractivity contribution in [1.29, 1.82) is 5.41 Å². The number of carbonyl (C=O) groups excluding carboxylic acids is 2. The molecule has 2 amide bonds. The van der Waals surface area contributed by atoms with Crippen LogP contribution in [0.2, 0.25) is 0 Å². The number of hydrazine groups is 1. The number of halogens is 2. The molecule has 5 rings (SSSR count). The average Bonchev–Trinajstić information content (AvgIpc) is 3.56. The zero-order chi connectivity index (χ0) is 35.9. The number of unbranched alkanes of at least 4 members (excludes halogenated alkanes) is 1. The number of anilines is 2. The van der Waals surface area contributed by atoms with Gasteiger partial charge in [0.25, 0.3) is 11.8 Å². The van der Waals surface area contributed by atoms with Gasteiger partial charge in [-0.2, -0.15) is 0 Å². The number of hydrogen-bond acceptors (Lipinski definition) is 14. The molecular weight excluding hydrogens is 670 g/mol. The van der Waals surface area contributed by atoms with Gasteiger partial charge in [-0.05, 0) is 59.7 Å². The van der Waals surface area contributed by atoms with Crippen LogP contribution >= 0.6 is 0 Å². The van der Waals surface area contributed by atoms with E-state index in [1.165, 1.54) is 24.3 Å². The van der Waals surface area contributed by atoms with E-state index in [2.05, 4.69) is 41.9 Å². The Labute approximate surface area is 276 Å². The lowest BCUT2D eigenvalue weighted by molar-refractivity contribution is 0.0686. The number of aromatic carboxylic acids is 2. The third-order valence-corrected chi connectivity index (χ3v) is 6.65. The van der Waals surface area contributed by atoms with Crippen LogP contribution in [-0.2, 0) is 0 Å². The average molecular weight is 695 g/mol. The summed E-state index contributed by atoms with van der Waals surface area (Å²) in [7, 11) is 0. The van der Waals surface area contributed by atoms with E-state index in [9.17, 15) is 38.2 Å². The zero-order valence-electron chi connectivity index (χ0n) is 25.3. The van der Waals surface area contributed by atoms with E-state index in [0.717, 1.165) is 21.6 Å². The highest BCUT2D eigenvalue weighted by molar-refractivity contribution is 6.07. The quantitative estimate of drug-likeness (QED) is 0.0485. The Kier molecular flexibility index (Phi) is 10.1. The second-order valence-electron chi connectivity index (χ2n) is 9.97. The fourth-order valence-corrected chi connectivity index (χ4v) is 4.24. The summed E-state index contributed by atoms with van der Waals surface area (Å²) >= 11 is 0. The van der Waals surface area contributed by atoms with Gasteiger partial charge in [0.15, 0.2) is 45.7 Å². The summed E-state index contributed by atoms with van der Waals surface area (Å²) in [5, 5.41) is 49.8. The molecule has 0 saturated carbocycles. The van der Waals surface area contributed by atoms with Crippen LogP contribution in [0.1, 0.15) is 54.5 Å². The molecule has 8 N–H and O–H groups in total. The van der Waals surface area contributed by atoms with Crippen molar-refractivity contribution in [3.05, 3.63) is 88.2 Å². The van der Waals surface area contributed by atoms with Gasteiger partial charge < -0.3 is 30.3 Å². The molecule has 0 saturated heterocycles. The number of tetrazole rings is 1. The van der Waals surface area contributed by atoms with Crippen molar-refractivity contribution in [2.45, 2.75) is 12.8 Å². The van der Waals surface area contributed by atoms with E-state index in [4.69, 9.17) is 20.7 Å². The lowest BCUT2D eigenvalue weighted by Gasteiger charge is -2.14. The Morgan fingerprint density at radius 3 is 1.84 bits per heavy atom. The lowest BCUT2D eigenvalue weighted by Crippen LogP contribution is -2.36. The van der Waals surface area contributed by atoms with E-state index in [1.54, 1.807) is 0 Å². The smallest absolute Gasteiger partial charge is 0.337 e. The number of fused-ring (bicyclic) bond motifs is 1. The first-order valence-electron chi connectivity index (χ1n) is 14.1. The molecule has 258 valence electrons. The lowest BCUT2D eigenvalue weighted by atomic mass is 10.1. The Balaban J connectivity index is 1.19. The summed E-state index contributed by atoms with van der Waals surface area (Å²) in [6.45, 7) is -0.226. The van der Waals surface area contributed by atoms with Crippen molar-refractivity contribution >= 4 is 40.8 Å². The Hall–Kier alpha value is -7.10. The van der Waals surface area contributed by atoms with Crippen LogP contribution in [0.15, 0.2) is 48.5 Å². The van der Waals surface area contributed by atoms with Crippen molar-refractivity contribution in [1.82, 2.24) is 35.1 Å². The second-order valence-corrected chi connectivity index (χ2v) is 9.97. The molecule has 2 aromatic carbocycles. The van der Waals surface area contributed by atoms with E-state index in [1.807, 2.05) is 0 Å². The van der Waals surface area contributed by atoms with Gasteiger partial charge in [-0.15, -0.1) is 24.7 Å². The molecule has 50 heavy (non-hydrogen) atoms. The third-order valence-electron chi connectivity index (χ3n) is 6.65. The highest BCUT2D eigenvalue weighted by Crippen LogP contribution is 2.29. The van der Waals surface area contributed by atoms with Gasteiger partial charge in [0.1, 0.15) is 0 Å². The molecule has 0 bridgehead atoms. The number of ether oxygens (including phenoxy) is 2. The molecule has 22 heteroatoms. The Morgan fingerprint density at radius 1 is 0.800 bits per heavy atom. The predicted molar refractivity (Wildman–Crippen MR) is 163 cm³/mol. The summed E-state index contributed by atoms with van der Waals surface area (Å²) < 4.78 is 41.3. The van der Waals surface area contributed by atoms with E-state index in [0.29, 0.717) is 12.1 Å². The fourth-order valence-electron chi connectivity index (χ4n) is 4.24. The van der Waals surface area contributed by atoms with Gasteiger partial charge in [-0.3, -0.25) is 15.0 Å². The maximum atomic E-state index is 14.7. The number of hydrogen-bond donors (Lipinski definition) is 7. The van der Waals surface area contributed by atoms with E-state index >= 15 is 0 Å². The van der Waals surface area contributed by atoms with Crippen molar-refractivity contribution in [2.75, 3.05) is 29.4 Å². The molecule has 3 aromatic heterocycles. The maximum absolute atomic E-state index is 14.7. The van der Waals surface area contributed by atoms with Gasteiger partial charge >= 0.3 is 11.9 Å². The number of nitrogens with two attached hydrogens (primary N) is 1. The molecule has 0 radical (unpaired) electrons. The van der Waals surface area contributed by atoms with Crippen LogP contribution < -0.4 is 37.0 Å². The van der Waals surface area contributed by atoms with Crippen molar-refractivity contribution in [3.8, 4) is 11.5 Å². The first kappa shape index (κ1) is 34.2. The Morgan fingerprint density at radius 2 is 1.32 bits per heavy atom. The molecule has 0 aliphatic rings. The number of nitrogens with one attached hydrogen (secondary N) is 4. The number of carbonyl (C=O) groups is 4. The molecule has 0 unspecified atom stereocenters. The summed E-state index contributed by atoms with van der Waals surface area (Å²) in [5.41, 5.74) is 0.0492. The normalized spacial score (nSPS) is 10.8. The number of amides is 2. The fraction of sp³-hybridized carbons (Fsp3) is 0.143. The standard InChI is InChI=1S/C28H24F2N12O8/c29-15-9-13(27(45)46)19(33-25(43)17-3-5-23(31)41(36-17)38-32)11-21(15)49-7-1-2-8-50-22-12-20(14(28(47)48)10-16(22)30)34-26(44)18-4-6-24-35-39-40-42(24)37-18/h3-6,9-12,31,38H,1-2,7-8,32H2,(H,33,43)(H,34,44)(H,45,46)(H,47,48). The summed E-state index contributed by atoms with van der Waals surface area (Å²) in [6.07, 6.45) is 0.448. The van der Waals surface area contributed by atoms with Gasteiger partial charge in [-0.1, -0.05) is 0 Å². The molecule has 3 heterocycles. The van der Waals surface area contributed by atoms with E-state index in [-0.39, 0.29) is 71.5 Å². The van der Waals surface area contributed by atoms with Gasteiger partial charge in [0.05, 0.1) is 35.7 Å². The van der Waals surface area contributed by atoms with Crippen LogP contribution in [0.4, 0.5) is 20.2 Å². The minimum absolute atomic E-state index is 0.110. The summed E-state index contributed by atoms with van der Waals surface area (Å²) in [4.78, 5) is 49.7. The SMILES string of the molecule is N=c1ccc(C(=O)Nc2cc(OCCCCOc3cc(NC(=O)c4ccc5nnnn5n4)c(C(=O)O)cc3F)c(F)cc2C(=O)O)nn1NN. The van der Waals surface area contributed by atoms with Crippen LogP contribution in [0.25, 0.3) is 5.65 Å². The second kappa shape index (κ2) is 14.8. The third kappa shape index (κ3) is 7.71. The van der Waals surface area contributed by atoms with Crippen LogP contribution in [-0.4, -0.2) is 82.3 Å². The minimum Gasteiger partial charge on any atom is -0.490 e. The molecule has 0 fully saturated rings. The molecule has 5 aromatic rings. The maximum Gasteiger partial charge on any atom is 0.337 e. The van der Waals surface area contributed by atoms with Crippen molar-refractivity contribution < 1.29 is 47.6 Å². The number of carboxylic acids is 2. The molecular formula is C28H24F2N12O8. The highest BCUT2D eigenvalue weighted by Gasteiger charge is 2.21. The highest BCUT2D eigenvalue weighted by atomic mass is 19.1.